The number of fused-ring (bicyclic) bond motifs is 1. The number of hydrogen-bond donors (Lipinski definition) is 1. The monoisotopic (exact) mass is 424 g/mol. The number of rotatable bonds is 4. The summed E-state index contributed by atoms with van der Waals surface area (Å²) < 4.78 is 4.82. The maximum atomic E-state index is 13.1. The molecule has 4 rings (SSSR count). The largest absolute Gasteiger partial charge is 0.465 e. The van der Waals surface area contributed by atoms with Gasteiger partial charge in [0.1, 0.15) is 17.0 Å². The van der Waals surface area contributed by atoms with Crippen molar-refractivity contribution in [3.63, 3.8) is 0 Å². The van der Waals surface area contributed by atoms with Gasteiger partial charge in [-0.3, -0.25) is 4.79 Å². The van der Waals surface area contributed by atoms with Crippen LogP contribution < -0.4 is 10.2 Å². The van der Waals surface area contributed by atoms with E-state index in [4.69, 9.17) is 4.74 Å². The molecule has 0 aliphatic carbocycles. The molecule has 1 aliphatic rings. The molecule has 7 nitrogen and oxygen atoms in total. The third-order valence-corrected chi connectivity index (χ3v) is 6.60. The Labute approximate surface area is 179 Å². The highest BCUT2D eigenvalue weighted by molar-refractivity contribution is 7.20. The second kappa shape index (κ2) is 8.79. The van der Waals surface area contributed by atoms with Gasteiger partial charge in [0.15, 0.2) is 0 Å². The summed E-state index contributed by atoms with van der Waals surface area (Å²) in [5.74, 6) is 0.145. The van der Waals surface area contributed by atoms with Gasteiger partial charge in [0.05, 0.1) is 28.6 Å². The van der Waals surface area contributed by atoms with Crippen molar-refractivity contribution in [2.24, 2.45) is 0 Å². The molecule has 0 atom stereocenters. The summed E-state index contributed by atoms with van der Waals surface area (Å²) in [5.41, 5.74) is 1.60. The number of hydrogen-bond acceptors (Lipinski definition) is 7. The number of para-hydroxylation sites is 1. The first kappa shape index (κ1) is 20.3. The van der Waals surface area contributed by atoms with Crippen molar-refractivity contribution in [3.05, 3.63) is 46.6 Å². The second-order valence-electron chi connectivity index (χ2n) is 7.33. The van der Waals surface area contributed by atoms with Crippen molar-refractivity contribution in [2.45, 2.75) is 32.6 Å². The van der Waals surface area contributed by atoms with E-state index in [1.165, 1.54) is 31.3 Å². The van der Waals surface area contributed by atoms with Gasteiger partial charge < -0.3 is 15.0 Å². The van der Waals surface area contributed by atoms with Crippen LogP contribution in [0, 0.1) is 6.92 Å². The fraction of sp³-hybridized carbons (Fsp3) is 0.364. The minimum absolute atomic E-state index is 0.270. The molecule has 0 bridgehead atoms. The van der Waals surface area contributed by atoms with Gasteiger partial charge in [0.2, 0.25) is 0 Å². The first-order valence-corrected chi connectivity index (χ1v) is 10.9. The summed E-state index contributed by atoms with van der Waals surface area (Å²) in [4.78, 5) is 37.8. The second-order valence-corrected chi connectivity index (χ2v) is 8.33. The lowest BCUT2D eigenvalue weighted by Gasteiger charge is -2.22. The molecule has 2 aromatic heterocycles. The zero-order chi connectivity index (χ0) is 21.1. The topological polar surface area (TPSA) is 84.4 Å². The van der Waals surface area contributed by atoms with E-state index in [2.05, 4.69) is 20.2 Å². The molecule has 156 valence electrons. The third-order valence-electron chi connectivity index (χ3n) is 5.40. The summed E-state index contributed by atoms with van der Waals surface area (Å²) in [6, 6.07) is 6.82. The highest BCUT2D eigenvalue weighted by atomic mass is 32.1. The minimum Gasteiger partial charge on any atom is -0.465 e. The molecule has 0 radical (unpaired) electrons. The van der Waals surface area contributed by atoms with E-state index in [0.717, 1.165) is 47.5 Å². The molecular weight excluding hydrogens is 400 g/mol. The first-order valence-electron chi connectivity index (χ1n) is 10.1. The average Bonchev–Trinajstić information content (AvgIpc) is 2.94. The van der Waals surface area contributed by atoms with Crippen LogP contribution in [0.25, 0.3) is 10.2 Å². The lowest BCUT2D eigenvalue weighted by atomic mass is 10.1. The van der Waals surface area contributed by atoms with Crippen LogP contribution in [0.15, 0.2) is 30.6 Å². The number of amides is 1. The normalized spacial score (nSPS) is 14.4. The molecule has 1 fully saturated rings. The molecule has 8 heteroatoms. The van der Waals surface area contributed by atoms with E-state index in [-0.39, 0.29) is 5.91 Å². The van der Waals surface area contributed by atoms with Gasteiger partial charge in [-0.1, -0.05) is 25.0 Å². The first-order chi connectivity index (χ1) is 14.6. The Kier molecular flexibility index (Phi) is 5.94. The van der Waals surface area contributed by atoms with Crippen LogP contribution in [0.2, 0.25) is 0 Å². The van der Waals surface area contributed by atoms with E-state index in [9.17, 15) is 9.59 Å². The fourth-order valence-corrected chi connectivity index (χ4v) is 4.89. The van der Waals surface area contributed by atoms with Crippen LogP contribution in [0.1, 0.15) is 51.3 Å². The van der Waals surface area contributed by atoms with Gasteiger partial charge in [0, 0.05) is 13.1 Å². The zero-order valence-electron chi connectivity index (χ0n) is 17.1. The van der Waals surface area contributed by atoms with Crippen molar-refractivity contribution in [2.75, 3.05) is 30.4 Å². The predicted molar refractivity (Wildman–Crippen MR) is 119 cm³/mol. The summed E-state index contributed by atoms with van der Waals surface area (Å²) in [5, 5.41) is 3.80. The maximum absolute atomic E-state index is 13.1. The van der Waals surface area contributed by atoms with Gasteiger partial charge >= 0.3 is 5.97 Å². The average molecular weight is 425 g/mol. The van der Waals surface area contributed by atoms with E-state index in [0.29, 0.717) is 16.1 Å². The number of ether oxygens (including phenoxy) is 1. The van der Waals surface area contributed by atoms with Crippen molar-refractivity contribution >= 4 is 44.9 Å². The number of methoxy groups -OCH3 is 1. The summed E-state index contributed by atoms with van der Waals surface area (Å²) >= 11 is 1.35. The number of carbonyl (C=O) groups excluding carboxylic acids is 2. The van der Waals surface area contributed by atoms with Crippen molar-refractivity contribution < 1.29 is 14.3 Å². The lowest BCUT2D eigenvalue weighted by Crippen LogP contribution is -2.25. The minimum atomic E-state index is -0.492. The van der Waals surface area contributed by atoms with Crippen LogP contribution in [-0.2, 0) is 4.74 Å². The Morgan fingerprint density at radius 1 is 1.10 bits per heavy atom. The summed E-state index contributed by atoms with van der Waals surface area (Å²) in [7, 11) is 1.32. The molecule has 30 heavy (non-hydrogen) atoms. The number of nitrogens with one attached hydrogen (secondary N) is 1. The Bertz CT molecular complexity index is 1090. The van der Waals surface area contributed by atoms with Crippen LogP contribution in [0.5, 0.6) is 0 Å². The molecule has 0 spiro atoms. The number of anilines is 2. The summed E-state index contributed by atoms with van der Waals surface area (Å²) in [6.07, 6.45) is 6.34. The lowest BCUT2D eigenvalue weighted by molar-refractivity contribution is 0.0602. The van der Waals surface area contributed by atoms with E-state index in [1.54, 1.807) is 30.6 Å². The Morgan fingerprint density at radius 2 is 1.83 bits per heavy atom. The number of thiophene rings is 1. The number of benzene rings is 1. The standard InChI is InChI=1S/C22H24N4O3S/c1-14-17-19(26-11-7-3-4-8-12-26)23-13-24-21(17)30-18(14)20(27)25-16-10-6-5-9-15(16)22(28)29-2/h5-6,9-10,13H,3-4,7-8,11-12H2,1-2H3,(H,25,27). The Morgan fingerprint density at radius 3 is 2.57 bits per heavy atom. The molecule has 3 heterocycles. The SMILES string of the molecule is COC(=O)c1ccccc1NC(=O)c1sc2ncnc(N3CCCCCC3)c2c1C. The van der Waals surface area contributed by atoms with Crippen LogP contribution >= 0.6 is 11.3 Å². The van der Waals surface area contributed by atoms with Gasteiger partial charge in [-0.15, -0.1) is 11.3 Å². The van der Waals surface area contributed by atoms with E-state index in [1.807, 2.05) is 6.92 Å². The summed E-state index contributed by atoms with van der Waals surface area (Å²) in [6.45, 7) is 3.87. The fourth-order valence-electron chi connectivity index (χ4n) is 3.85. The highest BCUT2D eigenvalue weighted by Crippen LogP contribution is 2.36. The van der Waals surface area contributed by atoms with Crippen LogP contribution in [0.4, 0.5) is 11.5 Å². The maximum Gasteiger partial charge on any atom is 0.339 e. The number of aryl methyl sites for hydroxylation is 1. The smallest absolute Gasteiger partial charge is 0.339 e. The van der Waals surface area contributed by atoms with E-state index < -0.39 is 5.97 Å². The molecule has 1 saturated heterocycles. The van der Waals surface area contributed by atoms with Gasteiger partial charge in [-0.2, -0.15) is 0 Å². The third kappa shape index (κ3) is 3.87. The number of nitrogens with zero attached hydrogens (tertiary/aromatic N) is 3. The predicted octanol–water partition coefficient (Wildman–Crippen LogP) is 4.42. The molecule has 1 amide bonds. The van der Waals surface area contributed by atoms with Gasteiger partial charge in [-0.25, -0.2) is 14.8 Å². The molecule has 3 aromatic rings. The molecule has 0 unspecified atom stereocenters. The molecule has 1 N–H and O–H groups in total. The van der Waals surface area contributed by atoms with Gasteiger partial charge in [0.25, 0.3) is 5.91 Å². The van der Waals surface area contributed by atoms with E-state index >= 15 is 0 Å². The van der Waals surface area contributed by atoms with Crippen molar-refractivity contribution in [1.82, 2.24) is 9.97 Å². The van der Waals surface area contributed by atoms with Crippen molar-refractivity contribution in [3.8, 4) is 0 Å². The number of esters is 1. The van der Waals surface area contributed by atoms with Gasteiger partial charge in [-0.05, 0) is 37.5 Å². The number of aromatic nitrogens is 2. The van der Waals surface area contributed by atoms with Crippen LogP contribution in [0.3, 0.4) is 0 Å². The zero-order valence-corrected chi connectivity index (χ0v) is 17.9. The molecular formula is C22H24N4O3S. The Balaban J connectivity index is 1.69. The molecule has 0 saturated carbocycles. The number of carbonyl (C=O) groups is 2. The highest BCUT2D eigenvalue weighted by Gasteiger charge is 2.23. The van der Waals surface area contributed by atoms with Crippen LogP contribution in [-0.4, -0.2) is 42.0 Å². The molecule has 1 aliphatic heterocycles. The quantitative estimate of drug-likeness (QED) is 0.624. The Hall–Kier alpha value is -3.00. The molecule has 1 aromatic carbocycles. The van der Waals surface area contributed by atoms with Crippen molar-refractivity contribution in [1.29, 1.82) is 0 Å².